The minimum atomic E-state index is -4.35. The summed E-state index contributed by atoms with van der Waals surface area (Å²) in [4.78, 5) is 0.0518. The Hall–Kier alpha value is -5.31. The fourth-order valence-corrected chi connectivity index (χ4v) is 7.90. The summed E-state index contributed by atoms with van der Waals surface area (Å²) in [5.74, 6) is 0.973. The lowest BCUT2D eigenvalue weighted by molar-refractivity contribution is 0.174. The number of sulfonamides is 1. The minimum Gasteiger partial charge on any atom is -0.454 e. The molecule has 0 aliphatic carbocycles. The highest BCUT2D eigenvalue weighted by Crippen LogP contribution is 2.51. The van der Waals surface area contributed by atoms with Gasteiger partial charge in [-0.15, -0.1) is 0 Å². The van der Waals surface area contributed by atoms with E-state index in [0.29, 0.717) is 33.8 Å². The van der Waals surface area contributed by atoms with E-state index in [1.165, 1.54) is 4.31 Å². The van der Waals surface area contributed by atoms with Crippen LogP contribution in [0, 0.1) is 29.6 Å². The van der Waals surface area contributed by atoms with Crippen LogP contribution in [0.3, 0.4) is 0 Å². The maximum atomic E-state index is 14.9. The molecule has 236 valence electrons. The van der Waals surface area contributed by atoms with Gasteiger partial charge in [0.15, 0.2) is 11.5 Å². The number of hydrogen-bond acceptors (Lipinski definition) is 6. The van der Waals surface area contributed by atoms with Crippen LogP contribution in [0.1, 0.15) is 66.1 Å². The largest absolute Gasteiger partial charge is 0.454 e. The normalized spacial score (nSPS) is 15.9. The summed E-state index contributed by atoms with van der Waals surface area (Å²) < 4.78 is 42.4. The van der Waals surface area contributed by atoms with Crippen molar-refractivity contribution in [1.82, 2.24) is 4.31 Å². The van der Waals surface area contributed by atoms with Gasteiger partial charge in [0.1, 0.15) is 12.1 Å². The molecule has 4 aromatic carbocycles. The zero-order chi connectivity index (χ0) is 33.1. The third-order valence-corrected chi connectivity index (χ3v) is 10.3. The zero-order valence-corrected chi connectivity index (χ0v) is 27.5. The summed E-state index contributed by atoms with van der Waals surface area (Å²) in [6.45, 7) is 6.14. The van der Waals surface area contributed by atoms with E-state index in [9.17, 15) is 18.9 Å². The van der Waals surface area contributed by atoms with E-state index >= 15 is 0 Å². The molecule has 2 aliphatic rings. The molecule has 0 N–H and O–H groups in total. The second kappa shape index (κ2) is 13.2. The average molecular weight is 642 g/mol. The van der Waals surface area contributed by atoms with Gasteiger partial charge in [0.25, 0.3) is 10.0 Å². The van der Waals surface area contributed by atoms with E-state index in [0.717, 1.165) is 42.4 Å². The Balaban J connectivity index is 1.70. The molecule has 0 radical (unpaired) electrons. The SMILES string of the molecule is CCCc1ccc(C2=C(C#N)C(c3ccc(CCC)cc3)N(S(=O)(=O)c3ccc(C)cc3)C(c3ccc4c(c3)OCO4)=C2C#N)cc1. The van der Waals surface area contributed by atoms with Gasteiger partial charge < -0.3 is 9.47 Å². The van der Waals surface area contributed by atoms with Crippen molar-refractivity contribution in [3.05, 3.63) is 136 Å². The van der Waals surface area contributed by atoms with Crippen molar-refractivity contribution in [2.75, 3.05) is 6.79 Å². The highest BCUT2D eigenvalue weighted by atomic mass is 32.2. The summed E-state index contributed by atoms with van der Waals surface area (Å²) in [5.41, 5.74) is 5.71. The van der Waals surface area contributed by atoms with Gasteiger partial charge in [0.05, 0.1) is 27.8 Å². The average Bonchev–Trinajstić information content (AvgIpc) is 3.56. The number of benzene rings is 4. The van der Waals surface area contributed by atoms with Crippen molar-refractivity contribution < 1.29 is 17.9 Å². The lowest BCUT2D eigenvalue weighted by Gasteiger charge is -2.39. The van der Waals surface area contributed by atoms with Gasteiger partial charge in [-0.3, -0.25) is 4.31 Å². The van der Waals surface area contributed by atoms with E-state index in [-0.39, 0.29) is 28.5 Å². The van der Waals surface area contributed by atoms with Gasteiger partial charge in [0.2, 0.25) is 6.79 Å². The Morgan fingerprint density at radius 3 is 1.96 bits per heavy atom. The summed E-state index contributed by atoms with van der Waals surface area (Å²) in [7, 11) is -4.35. The molecule has 0 fully saturated rings. The van der Waals surface area contributed by atoms with Crippen LogP contribution >= 0.6 is 0 Å². The number of rotatable bonds is 9. The first-order valence-electron chi connectivity index (χ1n) is 15.8. The van der Waals surface area contributed by atoms with Crippen molar-refractivity contribution in [2.24, 2.45) is 0 Å². The molecule has 47 heavy (non-hydrogen) atoms. The van der Waals surface area contributed by atoms with Crippen LogP contribution in [0.4, 0.5) is 0 Å². The molecule has 0 saturated heterocycles. The molecule has 0 saturated carbocycles. The molecule has 2 heterocycles. The number of aryl methyl sites for hydroxylation is 3. The van der Waals surface area contributed by atoms with E-state index in [4.69, 9.17) is 9.47 Å². The fourth-order valence-electron chi connectivity index (χ4n) is 6.25. The smallest absolute Gasteiger partial charge is 0.265 e. The van der Waals surface area contributed by atoms with Gasteiger partial charge in [0, 0.05) is 11.1 Å². The molecule has 0 amide bonds. The van der Waals surface area contributed by atoms with E-state index < -0.39 is 16.1 Å². The van der Waals surface area contributed by atoms with Crippen LogP contribution in [0.25, 0.3) is 11.3 Å². The highest BCUT2D eigenvalue weighted by Gasteiger charge is 2.44. The first-order valence-corrected chi connectivity index (χ1v) is 17.2. The molecule has 8 heteroatoms. The van der Waals surface area contributed by atoms with Crippen LogP contribution in [0.5, 0.6) is 11.5 Å². The van der Waals surface area contributed by atoms with E-state index in [1.54, 1.807) is 42.5 Å². The predicted octanol–water partition coefficient (Wildman–Crippen LogP) is 8.29. The van der Waals surface area contributed by atoms with Crippen molar-refractivity contribution in [3.8, 4) is 23.6 Å². The molecule has 6 rings (SSSR count). The minimum absolute atomic E-state index is 0.0366. The van der Waals surface area contributed by atoms with Crippen LogP contribution in [0.15, 0.2) is 107 Å². The standard InChI is InChI=1S/C39H35N3O4S/c1-4-6-27-10-14-29(15-11-27)37-33(23-40)38(30-16-12-28(7-5-2)13-17-30)42(47(43,44)32-19-8-26(3)9-20-32)39(34(37)24-41)31-18-21-35-36(22-31)46-25-45-35/h8-22,38H,4-7,25H2,1-3H3. The topological polar surface area (TPSA) is 103 Å². The molecule has 4 aromatic rings. The van der Waals surface area contributed by atoms with Gasteiger partial charge in [-0.05, 0) is 72.4 Å². The van der Waals surface area contributed by atoms with Gasteiger partial charge in [-0.1, -0.05) is 92.9 Å². The summed E-state index contributed by atoms with van der Waals surface area (Å²) >= 11 is 0. The lowest BCUT2D eigenvalue weighted by atomic mass is 9.82. The summed E-state index contributed by atoms with van der Waals surface area (Å²) in [6.07, 6.45) is 3.70. The first-order chi connectivity index (χ1) is 22.8. The molecule has 0 bridgehead atoms. The molecular formula is C39H35N3O4S. The lowest BCUT2D eigenvalue weighted by Crippen LogP contribution is -2.38. The maximum absolute atomic E-state index is 14.9. The third kappa shape index (κ3) is 5.89. The van der Waals surface area contributed by atoms with Crippen LogP contribution in [-0.4, -0.2) is 19.5 Å². The van der Waals surface area contributed by atoms with Crippen molar-refractivity contribution in [3.63, 3.8) is 0 Å². The number of hydrogen-bond donors (Lipinski definition) is 0. The molecule has 0 aromatic heterocycles. The van der Waals surface area contributed by atoms with Gasteiger partial charge in [-0.25, -0.2) is 8.42 Å². The van der Waals surface area contributed by atoms with Crippen molar-refractivity contribution in [1.29, 1.82) is 10.5 Å². The first kappa shape index (κ1) is 31.7. The van der Waals surface area contributed by atoms with E-state index in [2.05, 4.69) is 26.0 Å². The second-order valence-electron chi connectivity index (χ2n) is 11.8. The van der Waals surface area contributed by atoms with Gasteiger partial charge >= 0.3 is 0 Å². The zero-order valence-electron chi connectivity index (χ0n) is 26.7. The van der Waals surface area contributed by atoms with Crippen molar-refractivity contribution in [2.45, 2.75) is 57.4 Å². The van der Waals surface area contributed by atoms with Crippen LogP contribution < -0.4 is 9.47 Å². The van der Waals surface area contributed by atoms with Crippen molar-refractivity contribution >= 4 is 21.3 Å². The molecule has 2 aliphatic heterocycles. The Morgan fingerprint density at radius 2 is 1.36 bits per heavy atom. The maximum Gasteiger partial charge on any atom is 0.265 e. The Kier molecular flexibility index (Phi) is 8.89. The molecule has 1 unspecified atom stereocenters. The highest BCUT2D eigenvalue weighted by molar-refractivity contribution is 7.89. The third-order valence-electron chi connectivity index (χ3n) is 8.56. The second-order valence-corrected chi connectivity index (χ2v) is 13.6. The predicted molar refractivity (Wildman–Crippen MR) is 181 cm³/mol. The van der Waals surface area contributed by atoms with Crippen LogP contribution in [0.2, 0.25) is 0 Å². The number of nitriles is 2. The molecule has 1 atom stereocenters. The number of fused-ring (bicyclic) bond motifs is 1. The Bertz CT molecular complexity index is 2070. The number of ether oxygens (including phenoxy) is 2. The van der Waals surface area contributed by atoms with Crippen LogP contribution in [-0.2, 0) is 22.9 Å². The Labute approximate surface area is 276 Å². The summed E-state index contributed by atoms with van der Waals surface area (Å²) in [6, 6.07) is 31.0. The number of nitrogens with zero attached hydrogens (tertiary/aromatic N) is 3. The quantitative estimate of drug-likeness (QED) is 0.182. The fraction of sp³-hybridized carbons (Fsp3) is 0.231. The summed E-state index contributed by atoms with van der Waals surface area (Å²) in [5, 5.41) is 21.8. The van der Waals surface area contributed by atoms with E-state index in [1.807, 2.05) is 55.5 Å². The monoisotopic (exact) mass is 641 g/mol. The molecule has 0 spiro atoms. The Morgan fingerprint density at radius 1 is 0.766 bits per heavy atom. The molecule has 7 nitrogen and oxygen atoms in total. The molecular weight excluding hydrogens is 607 g/mol. The number of allylic oxidation sites excluding steroid dienone is 2. The van der Waals surface area contributed by atoms with Gasteiger partial charge in [-0.2, -0.15) is 10.5 Å².